The first-order valence-electron chi connectivity index (χ1n) is 17.8. The Labute approximate surface area is 306 Å². The Balaban J connectivity index is 1.47. The number of methoxy groups -OCH3 is 1. The third-order valence-electron chi connectivity index (χ3n) is 9.14. The van der Waals surface area contributed by atoms with Crippen LogP contribution >= 0.6 is 0 Å². The first-order chi connectivity index (χ1) is 24.7. The zero-order chi connectivity index (χ0) is 38.0. The zero-order valence-corrected chi connectivity index (χ0v) is 31.3. The van der Waals surface area contributed by atoms with E-state index in [1.54, 1.807) is 39.1 Å². The number of aryl methyl sites for hydroxylation is 1. The van der Waals surface area contributed by atoms with Crippen molar-refractivity contribution in [3.63, 3.8) is 0 Å². The van der Waals surface area contributed by atoms with Crippen LogP contribution < -0.4 is 10.2 Å². The lowest BCUT2D eigenvalue weighted by Gasteiger charge is -2.27. The third kappa shape index (κ3) is 10.6. The standard InChI is InChI=1S/C42H51N3O7/c1-8-28(3)40(44-38(48)14-11-23-45(41(50)52-42(4,5)6)37-24-27(2)21-22-43-37)36(47)25-31(26-39(49)51-7)29-15-17-30(18-16-29)32-19-20-35(46)34-13-10-9-12-33(32)34/h9-10,12-13,15-22,24,28,31,40,46H,8,11,14,23,25-26H2,1-7H3,(H,44,48)/t28-,31-,40-/m0/s1. The predicted molar refractivity (Wildman–Crippen MR) is 203 cm³/mol. The van der Waals surface area contributed by atoms with Gasteiger partial charge in [-0.05, 0) is 85.9 Å². The molecule has 0 saturated heterocycles. The van der Waals surface area contributed by atoms with Crippen molar-refractivity contribution in [3.8, 4) is 16.9 Å². The minimum Gasteiger partial charge on any atom is -0.507 e. The summed E-state index contributed by atoms with van der Waals surface area (Å²) in [5.41, 5.74) is 2.89. The number of carbonyl (C=O) groups is 4. The number of aromatic hydroxyl groups is 1. The van der Waals surface area contributed by atoms with Gasteiger partial charge in [0.15, 0.2) is 5.78 Å². The lowest BCUT2D eigenvalue weighted by molar-refractivity contribution is -0.141. The van der Waals surface area contributed by atoms with Gasteiger partial charge in [0.2, 0.25) is 5.91 Å². The van der Waals surface area contributed by atoms with Crippen molar-refractivity contribution in [2.45, 2.75) is 91.2 Å². The van der Waals surface area contributed by atoms with E-state index in [1.807, 2.05) is 81.4 Å². The first kappa shape index (κ1) is 39.5. The average Bonchev–Trinajstić information content (AvgIpc) is 3.11. The van der Waals surface area contributed by atoms with Crippen LogP contribution in [-0.4, -0.2) is 59.1 Å². The van der Waals surface area contributed by atoms with Crippen LogP contribution in [0.25, 0.3) is 21.9 Å². The quantitative estimate of drug-likeness (QED) is 0.118. The van der Waals surface area contributed by atoms with Gasteiger partial charge < -0.3 is 19.9 Å². The number of phenols is 1. The molecule has 0 radical (unpaired) electrons. The molecule has 0 aliphatic carbocycles. The molecule has 52 heavy (non-hydrogen) atoms. The molecular weight excluding hydrogens is 658 g/mol. The number of nitrogens with zero attached hydrogens (tertiary/aromatic N) is 2. The minimum absolute atomic E-state index is 0.00159. The zero-order valence-electron chi connectivity index (χ0n) is 31.3. The summed E-state index contributed by atoms with van der Waals surface area (Å²) in [4.78, 5) is 58.7. The molecule has 276 valence electrons. The van der Waals surface area contributed by atoms with Crippen LogP contribution in [-0.2, 0) is 23.9 Å². The SMILES string of the molecule is CC[C@H](C)[C@H](NC(=O)CCCN(C(=O)OC(C)(C)C)c1cc(C)ccn1)C(=O)C[C@@H](CC(=O)OC)c1ccc(-c2ccc(O)c3ccccc23)cc1. The summed E-state index contributed by atoms with van der Waals surface area (Å²) in [6.07, 6.45) is 2.13. The second kappa shape index (κ2) is 17.8. The van der Waals surface area contributed by atoms with Gasteiger partial charge in [0.05, 0.1) is 19.6 Å². The van der Waals surface area contributed by atoms with Gasteiger partial charge in [0.25, 0.3) is 0 Å². The summed E-state index contributed by atoms with van der Waals surface area (Å²) >= 11 is 0. The molecule has 2 amide bonds. The summed E-state index contributed by atoms with van der Waals surface area (Å²) in [6, 6.07) is 21.7. The lowest BCUT2D eigenvalue weighted by Crippen LogP contribution is -2.45. The molecule has 0 bridgehead atoms. The fraction of sp³-hybridized carbons (Fsp3) is 0.405. The number of benzene rings is 3. The van der Waals surface area contributed by atoms with Crippen LogP contribution in [0.1, 0.15) is 83.8 Å². The molecule has 0 fully saturated rings. The lowest BCUT2D eigenvalue weighted by atomic mass is 9.84. The minimum atomic E-state index is -0.763. The molecular formula is C42H51N3O7. The van der Waals surface area contributed by atoms with Crippen molar-refractivity contribution in [3.05, 3.63) is 90.1 Å². The van der Waals surface area contributed by atoms with Crippen LogP contribution in [0.2, 0.25) is 0 Å². The maximum Gasteiger partial charge on any atom is 0.416 e. The Bertz CT molecular complexity index is 1870. The molecule has 3 aromatic carbocycles. The predicted octanol–water partition coefficient (Wildman–Crippen LogP) is 8.27. The number of rotatable bonds is 15. The number of ketones is 1. The number of ether oxygens (including phenoxy) is 2. The van der Waals surface area contributed by atoms with Crippen LogP contribution in [0.4, 0.5) is 10.6 Å². The number of phenolic OH excluding ortho intramolecular Hbond substituents is 1. The number of amides is 2. The van der Waals surface area contributed by atoms with E-state index in [1.165, 1.54) is 12.0 Å². The molecule has 0 aliphatic rings. The molecule has 0 spiro atoms. The second-order valence-electron chi connectivity index (χ2n) is 14.3. The largest absolute Gasteiger partial charge is 0.507 e. The summed E-state index contributed by atoms with van der Waals surface area (Å²) in [6.45, 7) is 11.3. The van der Waals surface area contributed by atoms with Crippen molar-refractivity contribution in [2.75, 3.05) is 18.6 Å². The molecule has 10 nitrogen and oxygen atoms in total. The Morgan fingerprint density at radius 1 is 0.942 bits per heavy atom. The van der Waals surface area contributed by atoms with Gasteiger partial charge >= 0.3 is 12.1 Å². The highest BCUT2D eigenvalue weighted by molar-refractivity contribution is 6.00. The van der Waals surface area contributed by atoms with Gasteiger partial charge in [-0.3, -0.25) is 19.3 Å². The smallest absolute Gasteiger partial charge is 0.416 e. The Hall–Kier alpha value is -5.25. The van der Waals surface area contributed by atoms with E-state index in [0.717, 1.165) is 33.0 Å². The maximum atomic E-state index is 14.0. The normalized spacial score (nSPS) is 13.1. The first-order valence-corrected chi connectivity index (χ1v) is 17.8. The van der Waals surface area contributed by atoms with E-state index < -0.39 is 29.6 Å². The van der Waals surface area contributed by atoms with Crippen LogP contribution in [0.3, 0.4) is 0 Å². The van der Waals surface area contributed by atoms with E-state index in [2.05, 4.69) is 10.3 Å². The molecule has 4 rings (SSSR count). The number of hydrogen-bond donors (Lipinski definition) is 2. The molecule has 0 saturated carbocycles. The van der Waals surface area contributed by atoms with Gasteiger partial charge in [-0.25, -0.2) is 9.78 Å². The second-order valence-corrected chi connectivity index (χ2v) is 14.3. The van der Waals surface area contributed by atoms with Crippen molar-refractivity contribution in [1.29, 1.82) is 0 Å². The molecule has 1 aromatic heterocycles. The number of Topliss-reactive ketones (excluding diaryl/α,β-unsaturated/α-hetero) is 1. The van der Waals surface area contributed by atoms with Crippen LogP contribution in [0.15, 0.2) is 79.0 Å². The van der Waals surface area contributed by atoms with Crippen molar-refractivity contribution < 1.29 is 33.8 Å². The highest BCUT2D eigenvalue weighted by Crippen LogP contribution is 2.35. The highest BCUT2D eigenvalue weighted by Gasteiger charge is 2.30. The van der Waals surface area contributed by atoms with E-state index in [4.69, 9.17) is 9.47 Å². The topological polar surface area (TPSA) is 135 Å². The van der Waals surface area contributed by atoms with E-state index in [0.29, 0.717) is 18.7 Å². The van der Waals surface area contributed by atoms with E-state index >= 15 is 0 Å². The summed E-state index contributed by atoms with van der Waals surface area (Å²) in [7, 11) is 1.32. The van der Waals surface area contributed by atoms with Crippen LogP contribution in [0, 0.1) is 12.8 Å². The molecule has 2 N–H and O–H groups in total. The number of anilines is 1. The van der Waals surface area contributed by atoms with Gasteiger partial charge in [-0.15, -0.1) is 0 Å². The Kier molecular flexibility index (Phi) is 13.5. The van der Waals surface area contributed by atoms with Crippen molar-refractivity contribution in [1.82, 2.24) is 10.3 Å². The number of esters is 1. The van der Waals surface area contributed by atoms with E-state index in [9.17, 15) is 24.3 Å². The number of nitrogens with one attached hydrogen (secondary N) is 1. The number of aromatic nitrogens is 1. The van der Waals surface area contributed by atoms with Crippen molar-refractivity contribution >= 4 is 40.3 Å². The van der Waals surface area contributed by atoms with Gasteiger partial charge in [0, 0.05) is 36.9 Å². The average molecular weight is 710 g/mol. The maximum absolute atomic E-state index is 14.0. The molecule has 0 unspecified atom stereocenters. The summed E-state index contributed by atoms with van der Waals surface area (Å²) < 4.78 is 10.6. The Morgan fingerprint density at radius 3 is 2.27 bits per heavy atom. The highest BCUT2D eigenvalue weighted by atomic mass is 16.6. The molecule has 0 aliphatic heterocycles. The number of carbonyl (C=O) groups excluding carboxylic acids is 4. The molecule has 10 heteroatoms. The third-order valence-corrected chi connectivity index (χ3v) is 9.14. The fourth-order valence-corrected chi connectivity index (χ4v) is 6.14. The van der Waals surface area contributed by atoms with Crippen LogP contribution in [0.5, 0.6) is 5.75 Å². The molecule has 3 atom stereocenters. The fourth-order valence-electron chi connectivity index (χ4n) is 6.14. The van der Waals surface area contributed by atoms with Gasteiger partial charge in [-0.2, -0.15) is 0 Å². The van der Waals surface area contributed by atoms with Gasteiger partial charge in [-0.1, -0.05) is 74.9 Å². The number of pyridine rings is 1. The summed E-state index contributed by atoms with van der Waals surface area (Å²) in [5, 5.41) is 15.0. The number of fused-ring (bicyclic) bond motifs is 1. The Morgan fingerprint density at radius 2 is 1.63 bits per heavy atom. The molecule has 1 heterocycles. The molecule has 4 aromatic rings. The monoisotopic (exact) mass is 709 g/mol. The van der Waals surface area contributed by atoms with Crippen molar-refractivity contribution in [2.24, 2.45) is 5.92 Å². The van der Waals surface area contributed by atoms with E-state index in [-0.39, 0.29) is 49.2 Å². The van der Waals surface area contributed by atoms with Gasteiger partial charge in [0.1, 0.15) is 17.2 Å². The number of hydrogen-bond acceptors (Lipinski definition) is 8. The summed E-state index contributed by atoms with van der Waals surface area (Å²) in [5.74, 6) is -0.914.